The molecule has 158 valence electrons. The predicted molar refractivity (Wildman–Crippen MR) is 138 cm³/mol. The fourth-order valence-corrected chi connectivity index (χ4v) is 5.48. The third-order valence-electron chi connectivity index (χ3n) is 6.96. The molecule has 3 aliphatic rings. The highest BCUT2D eigenvalue weighted by atomic mass is 14.7. The van der Waals surface area contributed by atoms with Gasteiger partial charge in [0.15, 0.2) is 0 Å². The molecule has 1 spiro atoms. The summed E-state index contributed by atoms with van der Waals surface area (Å²) < 4.78 is 0. The van der Waals surface area contributed by atoms with E-state index < -0.39 is 0 Å². The molecule has 2 unspecified atom stereocenters. The molecule has 0 fully saturated rings. The average molecular weight is 416 g/mol. The molecule has 0 N–H and O–H groups in total. The smallest absolute Gasteiger partial charge is 0.0676 e. The van der Waals surface area contributed by atoms with Crippen LogP contribution in [-0.2, 0) is 5.41 Å². The SMILES string of the molecule is C/C1=C\C=C/C=Nc2cc(C)ccc2C2(/C(C)=C/C=C\C1)c1ccccc1C1=CC=CC12. The fourth-order valence-electron chi connectivity index (χ4n) is 5.48. The molecule has 0 saturated heterocycles. The average Bonchev–Trinajstić information content (AvgIpc) is 3.37. The van der Waals surface area contributed by atoms with Crippen LogP contribution in [0.25, 0.3) is 5.57 Å². The number of allylic oxidation sites excluding steroid dienone is 12. The number of benzene rings is 2. The molecule has 2 atom stereocenters. The lowest BCUT2D eigenvalue weighted by Gasteiger charge is -2.38. The topological polar surface area (TPSA) is 12.4 Å². The van der Waals surface area contributed by atoms with E-state index in [1.807, 2.05) is 12.3 Å². The highest BCUT2D eigenvalue weighted by Crippen LogP contribution is 2.60. The van der Waals surface area contributed by atoms with Crippen LogP contribution in [0.1, 0.15) is 42.5 Å². The minimum Gasteiger partial charge on any atom is -0.257 e. The molecule has 0 radical (unpaired) electrons. The lowest BCUT2D eigenvalue weighted by Crippen LogP contribution is -2.33. The van der Waals surface area contributed by atoms with Gasteiger partial charge in [-0.3, -0.25) is 4.99 Å². The molecule has 1 heterocycles. The summed E-state index contributed by atoms with van der Waals surface area (Å²) in [6, 6.07) is 15.7. The number of aryl methyl sites for hydroxylation is 1. The van der Waals surface area contributed by atoms with Crippen molar-refractivity contribution >= 4 is 17.5 Å². The van der Waals surface area contributed by atoms with Crippen molar-refractivity contribution in [3.8, 4) is 0 Å². The maximum atomic E-state index is 4.97. The van der Waals surface area contributed by atoms with Gasteiger partial charge in [0.05, 0.1) is 11.1 Å². The molecular weight excluding hydrogens is 386 g/mol. The second-order valence-corrected chi connectivity index (χ2v) is 9.02. The Bertz CT molecular complexity index is 1280. The Morgan fingerprint density at radius 3 is 2.62 bits per heavy atom. The number of rotatable bonds is 0. The Kier molecular flexibility index (Phi) is 5.27. The molecule has 0 aromatic heterocycles. The van der Waals surface area contributed by atoms with Gasteiger partial charge in [-0.05, 0) is 67.2 Å². The van der Waals surface area contributed by atoms with E-state index in [9.17, 15) is 0 Å². The lowest BCUT2D eigenvalue weighted by atomic mass is 9.64. The van der Waals surface area contributed by atoms with Crippen LogP contribution < -0.4 is 0 Å². The van der Waals surface area contributed by atoms with Crippen molar-refractivity contribution in [2.45, 2.75) is 32.6 Å². The van der Waals surface area contributed by atoms with Crippen LogP contribution in [0.4, 0.5) is 5.69 Å². The maximum absolute atomic E-state index is 4.97. The number of hydrogen-bond acceptors (Lipinski definition) is 1. The summed E-state index contributed by atoms with van der Waals surface area (Å²) in [7, 11) is 0. The molecule has 5 rings (SSSR count). The first-order chi connectivity index (χ1) is 15.6. The summed E-state index contributed by atoms with van der Waals surface area (Å²) in [6.45, 7) is 6.60. The van der Waals surface area contributed by atoms with Gasteiger partial charge in [-0.1, -0.05) is 96.2 Å². The third-order valence-corrected chi connectivity index (χ3v) is 6.96. The number of aliphatic imine (C=N–C) groups is 1. The molecule has 0 amide bonds. The van der Waals surface area contributed by atoms with Gasteiger partial charge in [0.25, 0.3) is 0 Å². The Hall–Kier alpha value is -3.45. The van der Waals surface area contributed by atoms with E-state index in [1.165, 1.54) is 39.0 Å². The van der Waals surface area contributed by atoms with Crippen molar-refractivity contribution in [3.63, 3.8) is 0 Å². The Morgan fingerprint density at radius 1 is 0.844 bits per heavy atom. The van der Waals surface area contributed by atoms with Crippen molar-refractivity contribution in [1.29, 1.82) is 0 Å². The summed E-state index contributed by atoms with van der Waals surface area (Å²) in [5.74, 6) is 0.270. The van der Waals surface area contributed by atoms with Crippen LogP contribution in [0.15, 0.2) is 113 Å². The lowest BCUT2D eigenvalue weighted by molar-refractivity contribution is 0.552. The van der Waals surface area contributed by atoms with E-state index in [4.69, 9.17) is 4.99 Å². The minimum atomic E-state index is -0.279. The van der Waals surface area contributed by atoms with Gasteiger partial charge in [0, 0.05) is 12.1 Å². The molecule has 2 aromatic rings. The van der Waals surface area contributed by atoms with Crippen LogP contribution in [0.3, 0.4) is 0 Å². The Labute approximate surface area is 191 Å². The third kappa shape index (κ3) is 3.20. The molecule has 1 nitrogen and oxygen atoms in total. The van der Waals surface area contributed by atoms with Gasteiger partial charge >= 0.3 is 0 Å². The van der Waals surface area contributed by atoms with Crippen molar-refractivity contribution in [1.82, 2.24) is 0 Å². The number of hydrogen-bond donors (Lipinski definition) is 0. The zero-order chi connectivity index (χ0) is 22.1. The van der Waals surface area contributed by atoms with Gasteiger partial charge in [0.1, 0.15) is 0 Å². The van der Waals surface area contributed by atoms with Crippen molar-refractivity contribution in [2.75, 3.05) is 0 Å². The summed E-state index contributed by atoms with van der Waals surface area (Å²) >= 11 is 0. The molecule has 32 heavy (non-hydrogen) atoms. The largest absolute Gasteiger partial charge is 0.257 e. The molecular formula is C31H29N. The molecule has 2 aliphatic carbocycles. The van der Waals surface area contributed by atoms with Crippen LogP contribution in [0, 0.1) is 12.8 Å². The monoisotopic (exact) mass is 415 g/mol. The minimum absolute atomic E-state index is 0.270. The zero-order valence-corrected chi connectivity index (χ0v) is 19.0. The molecule has 0 bridgehead atoms. The van der Waals surface area contributed by atoms with E-state index in [0.717, 1.165) is 12.1 Å². The summed E-state index contributed by atoms with van der Waals surface area (Å²) in [5.41, 5.74) is 10.1. The van der Waals surface area contributed by atoms with Crippen LogP contribution in [-0.4, -0.2) is 6.21 Å². The van der Waals surface area contributed by atoms with E-state index >= 15 is 0 Å². The van der Waals surface area contributed by atoms with E-state index in [0.29, 0.717) is 0 Å². The van der Waals surface area contributed by atoms with Gasteiger partial charge in [-0.15, -0.1) is 0 Å². The van der Waals surface area contributed by atoms with Crippen LogP contribution in [0.2, 0.25) is 0 Å². The van der Waals surface area contributed by atoms with Crippen LogP contribution in [0.5, 0.6) is 0 Å². The van der Waals surface area contributed by atoms with Crippen molar-refractivity contribution < 1.29 is 0 Å². The maximum Gasteiger partial charge on any atom is 0.0676 e. The standard InChI is InChI=1S/C31H29N/c1-22-11-4-5-13-24(3)31(27-16-7-6-14-25(27)26-15-10-17-28(26)31)29-19-18-23(2)21-30(29)32-20-9-8-12-22/h4-10,12-21,28H,11H2,1-3H3/b5-4-,9-8-,22-12+,24-13+,32-20?. The summed E-state index contributed by atoms with van der Waals surface area (Å²) in [5, 5.41) is 0. The van der Waals surface area contributed by atoms with Gasteiger partial charge in [-0.25, -0.2) is 0 Å². The van der Waals surface area contributed by atoms with Gasteiger partial charge in [0.2, 0.25) is 0 Å². The summed E-state index contributed by atoms with van der Waals surface area (Å²) in [4.78, 5) is 4.97. The Balaban J connectivity index is 1.85. The molecule has 2 aromatic carbocycles. The first-order valence-electron chi connectivity index (χ1n) is 11.4. The second kappa shape index (κ2) is 8.24. The highest BCUT2D eigenvalue weighted by molar-refractivity contribution is 5.87. The fraction of sp³-hybridized carbons (Fsp3) is 0.194. The number of fused-ring (bicyclic) bond motifs is 7. The van der Waals surface area contributed by atoms with Gasteiger partial charge in [-0.2, -0.15) is 0 Å². The first kappa shape index (κ1) is 20.5. The summed E-state index contributed by atoms with van der Waals surface area (Å²) in [6.07, 6.45) is 22.8. The van der Waals surface area contributed by atoms with Crippen molar-refractivity contribution in [2.24, 2.45) is 10.9 Å². The number of nitrogens with zero attached hydrogens (tertiary/aromatic N) is 1. The van der Waals surface area contributed by atoms with E-state index in [2.05, 4.69) is 112 Å². The van der Waals surface area contributed by atoms with Crippen LogP contribution >= 0.6 is 0 Å². The first-order valence-corrected chi connectivity index (χ1v) is 11.4. The normalized spacial score (nSPS) is 29.1. The zero-order valence-electron chi connectivity index (χ0n) is 19.0. The quantitative estimate of drug-likeness (QED) is 0.414. The predicted octanol–water partition coefficient (Wildman–Crippen LogP) is 7.98. The van der Waals surface area contributed by atoms with Crippen molar-refractivity contribution in [3.05, 3.63) is 131 Å². The van der Waals surface area contributed by atoms with E-state index in [1.54, 1.807) is 0 Å². The molecule has 0 saturated carbocycles. The highest BCUT2D eigenvalue weighted by Gasteiger charge is 2.52. The Morgan fingerprint density at radius 2 is 1.72 bits per heavy atom. The molecule has 1 aliphatic heterocycles. The van der Waals surface area contributed by atoms with Gasteiger partial charge < -0.3 is 0 Å². The second-order valence-electron chi connectivity index (χ2n) is 9.02. The van der Waals surface area contributed by atoms with E-state index in [-0.39, 0.29) is 11.3 Å². The molecule has 1 heteroatoms.